The summed E-state index contributed by atoms with van der Waals surface area (Å²) in [7, 11) is 0. The Balaban J connectivity index is 2.72. The van der Waals surface area contributed by atoms with Crippen molar-refractivity contribution in [3.63, 3.8) is 0 Å². The molecule has 0 radical (unpaired) electrons. The molecule has 0 saturated carbocycles. The number of carboxylic acids is 1. The van der Waals surface area contributed by atoms with Crippen molar-refractivity contribution in [2.24, 2.45) is 5.73 Å². The van der Waals surface area contributed by atoms with Crippen LogP contribution >= 0.6 is 15.9 Å². The molecular formula is C11H15BrN2O2. The lowest BCUT2D eigenvalue weighted by molar-refractivity contribution is -0.136. The quantitative estimate of drug-likeness (QED) is 0.835. The van der Waals surface area contributed by atoms with Gasteiger partial charge in [-0.1, -0.05) is 22.0 Å². The van der Waals surface area contributed by atoms with E-state index in [-0.39, 0.29) is 6.42 Å². The van der Waals surface area contributed by atoms with Gasteiger partial charge in [0, 0.05) is 29.8 Å². The van der Waals surface area contributed by atoms with E-state index in [1.54, 1.807) is 0 Å². The molecular weight excluding hydrogens is 272 g/mol. The Morgan fingerprint density at radius 1 is 1.44 bits per heavy atom. The van der Waals surface area contributed by atoms with Gasteiger partial charge in [0.2, 0.25) is 0 Å². The predicted molar refractivity (Wildman–Crippen MR) is 67.7 cm³/mol. The Morgan fingerprint density at radius 3 is 2.75 bits per heavy atom. The first-order valence-corrected chi connectivity index (χ1v) is 5.85. The van der Waals surface area contributed by atoms with Crippen molar-refractivity contribution in [1.82, 2.24) is 0 Å². The molecule has 0 fully saturated rings. The van der Waals surface area contributed by atoms with Crippen molar-refractivity contribution in [3.05, 3.63) is 28.7 Å². The molecule has 1 aromatic carbocycles. The Kier molecular flexibility index (Phi) is 5.28. The lowest BCUT2D eigenvalue weighted by Gasteiger charge is -2.23. The third-order valence-electron chi connectivity index (χ3n) is 2.17. The van der Waals surface area contributed by atoms with Crippen LogP contribution in [-0.2, 0) is 4.79 Å². The molecule has 0 amide bonds. The second kappa shape index (κ2) is 6.50. The second-order valence-corrected chi connectivity index (χ2v) is 4.32. The second-order valence-electron chi connectivity index (χ2n) is 3.40. The molecule has 5 heteroatoms. The van der Waals surface area contributed by atoms with E-state index in [0.29, 0.717) is 19.6 Å². The molecule has 0 aliphatic carbocycles. The number of nitrogens with two attached hydrogens (primary N) is 1. The van der Waals surface area contributed by atoms with Crippen LogP contribution in [0.4, 0.5) is 5.69 Å². The Labute approximate surface area is 103 Å². The first-order chi connectivity index (χ1) is 7.63. The van der Waals surface area contributed by atoms with Gasteiger partial charge in [0.25, 0.3) is 0 Å². The molecule has 0 saturated heterocycles. The van der Waals surface area contributed by atoms with Gasteiger partial charge in [-0.2, -0.15) is 0 Å². The summed E-state index contributed by atoms with van der Waals surface area (Å²) in [6.45, 7) is 1.64. The summed E-state index contributed by atoms with van der Waals surface area (Å²) in [5, 5.41) is 8.66. The van der Waals surface area contributed by atoms with Gasteiger partial charge in [0.1, 0.15) is 0 Å². The largest absolute Gasteiger partial charge is 0.481 e. The maximum absolute atomic E-state index is 10.5. The minimum atomic E-state index is -0.794. The lowest BCUT2D eigenvalue weighted by atomic mass is 10.2. The minimum Gasteiger partial charge on any atom is -0.481 e. The highest BCUT2D eigenvalue weighted by Gasteiger charge is 2.07. The molecule has 88 valence electrons. The number of carbonyl (C=O) groups is 1. The van der Waals surface area contributed by atoms with E-state index in [0.717, 1.165) is 10.2 Å². The van der Waals surface area contributed by atoms with Gasteiger partial charge in [-0.25, -0.2) is 0 Å². The van der Waals surface area contributed by atoms with Crippen LogP contribution in [0.25, 0.3) is 0 Å². The summed E-state index contributed by atoms with van der Waals surface area (Å²) in [6.07, 6.45) is 0.118. The van der Waals surface area contributed by atoms with Crippen molar-refractivity contribution in [2.75, 3.05) is 24.5 Å². The molecule has 1 aromatic rings. The highest BCUT2D eigenvalue weighted by Crippen LogP contribution is 2.19. The number of hydrogen-bond acceptors (Lipinski definition) is 3. The molecule has 3 N–H and O–H groups in total. The van der Waals surface area contributed by atoms with Gasteiger partial charge >= 0.3 is 5.97 Å². The van der Waals surface area contributed by atoms with Crippen molar-refractivity contribution in [2.45, 2.75) is 6.42 Å². The van der Waals surface area contributed by atoms with Gasteiger partial charge in [-0.3, -0.25) is 4.79 Å². The van der Waals surface area contributed by atoms with E-state index >= 15 is 0 Å². The van der Waals surface area contributed by atoms with Crippen molar-refractivity contribution >= 4 is 27.6 Å². The van der Waals surface area contributed by atoms with E-state index in [2.05, 4.69) is 15.9 Å². The molecule has 1 rings (SSSR count). The highest BCUT2D eigenvalue weighted by molar-refractivity contribution is 9.10. The zero-order valence-electron chi connectivity index (χ0n) is 8.90. The minimum absolute atomic E-state index is 0.118. The molecule has 0 aliphatic heterocycles. The lowest BCUT2D eigenvalue weighted by Crippen LogP contribution is -2.31. The zero-order chi connectivity index (χ0) is 12.0. The fraction of sp³-hybridized carbons (Fsp3) is 0.364. The summed E-state index contributed by atoms with van der Waals surface area (Å²) in [6, 6.07) is 7.75. The molecule has 0 unspecified atom stereocenters. The molecule has 0 spiro atoms. The SMILES string of the molecule is NCCN(CCC(=O)O)c1cccc(Br)c1. The topological polar surface area (TPSA) is 66.6 Å². The van der Waals surface area contributed by atoms with Crippen LogP contribution in [-0.4, -0.2) is 30.7 Å². The Bertz CT molecular complexity index is 358. The number of rotatable bonds is 6. The molecule has 0 bridgehead atoms. The normalized spacial score (nSPS) is 10.1. The van der Waals surface area contributed by atoms with Crippen molar-refractivity contribution in [1.29, 1.82) is 0 Å². The highest BCUT2D eigenvalue weighted by atomic mass is 79.9. The standard InChI is InChI=1S/C11H15BrN2O2/c12-9-2-1-3-10(8-9)14(7-5-13)6-4-11(15)16/h1-3,8H,4-7,13H2,(H,15,16). The van der Waals surface area contributed by atoms with Crippen LogP contribution in [0.2, 0.25) is 0 Å². The van der Waals surface area contributed by atoms with E-state index < -0.39 is 5.97 Å². The van der Waals surface area contributed by atoms with Gasteiger partial charge < -0.3 is 15.7 Å². The maximum atomic E-state index is 10.5. The van der Waals surface area contributed by atoms with E-state index in [9.17, 15) is 4.79 Å². The number of halogens is 1. The van der Waals surface area contributed by atoms with Crippen molar-refractivity contribution in [3.8, 4) is 0 Å². The van der Waals surface area contributed by atoms with Gasteiger partial charge in [-0.15, -0.1) is 0 Å². The number of aliphatic carboxylic acids is 1. The van der Waals surface area contributed by atoms with Crippen LogP contribution in [0.5, 0.6) is 0 Å². The molecule has 4 nitrogen and oxygen atoms in total. The first kappa shape index (κ1) is 13.0. The summed E-state index contributed by atoms with van der Waals surface area (Å²) in [5.74, 6) is -0.794. The summed E-state index contributed by atoms with van der Waals surface area (Å²) in [4.78, 5) is 12.5. The maximum Gasteiger partial charge on any atom is 0.305 e. The van der Waals surface area contributed by atoms with E-state index in [1.807, 2.05) is 29.2 Å². The fourth-order valence-corrected chi connectivity index (χ4v) is 1.82. The van der Waals surface area contributed by atoms with Crippen LogP contribution in [0.1, 0.15) is 6.42 Å². The molecule has 0 aromatic heterocycles. The summed E-state index contributed by atoms with van der Waals surface area (Å²) < 4.78 is 0.974. The Morgan fingerprint density at radius 2 is 2.19 bits per heavy atom. The molecule has 0 atom stereocenters. The predicted octanol–water partition coefficient (Wildman–Crippen LogP) is 1.69. The number of anilines is 1. The van der Waals surface area contributed by atoms with Gasteiger partial charge in [0.05, 0.1) is 6.42 Å². The number of benzene rings is 1. The van der Waals surface area contributed by atoms with Gasteiger partial charge in [-0.05, 0) is 18.2 Å². The first-order valence-electron chi connectivity index (χ1n) is 5.06. The van der Waals surface area contributed by atoms with E-state index in [4.69, 9.17) is 10.8 Å². The summed E-state index contributed by atoms with van der Waals surface area (Å²) in [5.41, 5.74) is 6.50. The number of hydrogen-bond donors (Lipinski definition) is 2. The van der Waals surface area contributed by atoms with Crippen LogP contribution in [0.3, 0.4) is 0 Å². The summed E-state index contributed by atoms with van der Waals surface area (Å²) >= 11 is 3.39. The molecule has 0 heterocycles. The number of nitrogens with zero attached hydrogens (tertiary/aromatic N) is 1. The fourth-order valence-electron chi connectivity index (χ4n) is 1.43. The molecule has 16 heavy (non-hydrogen) atoms. The van der Waals surface area contributed by atoms with Gasteiger partial charge in [0.15, 0.2) is 0 Å². The third-order valence-corrected chi connectivity index (χ3v) is 2.66. The van der Waals surface area contributed by atoms with E-state index in [1.165, 1.54) is 0 Å². The smallest absolute Gasteiger partial charge is 0.305 e. The average molecular weight is 287 g/mol. The Hall–Kier alpha value is -1.07. The van der Waals surface area contributed by atoms with Crippen LogP contribution in [0, 0.1) is 0 Å². The average Bonchev–Trinajstić information content (AvgIpc) is 2.24. The van der Waals surface area contributed by atoms with Crippen LogP contribution < -0.4 is 10.6 Å². The van der Waals surface area contributed by atoms with Crippen LogP contribution in [0.15, 0.2) is 28.7 Å². The third kappa shape index (κ3) is 4.20. The van der Waals surface area contributed by atoms with Crippen molar-refractivity contribution < 1.29 is 9.90 Å². The zero-order valence-corrected chi connectivity index (χ0v) is 10.5. The number of carboxylic acid groups (broad SMARTS) is 1. The molecule has 0 aliphatic rings. The monoisotopic (exact) mass is 286 g/mol.